The minimum absolute atomic E-state index is 0.539. The SMILES string of the molecule is Clc1c(Br)cccc1-c1n[nH]c(C2CCCC2)n1. The average Bonchev–Trinajstić information content (AvgIpc) is 3.01. The van der Waals surface area contributed by atoms with E-state index in [1.54, 1.807) is 0 Å². The molecule has 0 aliphatic heterocycles. The summed E-state index contributed by atoms with van der Waals surface area (Å²) in [5.41, 5.74) is 0.867. The van der Waals surface area contributed by atoms with E-state index >= 15 is 0 Å². The summed E-state index contributed by atoms with van der Waals surface area (Å²) in [6.07, 6.45) is 5.00. The van der Waals surface area contributed by atoms with Gasteiger partial charge in [-0.2, -0.15) is 5.10 Å². The van der Waals surface area contributed by atoms with E-state index in [0.29, 0.717) is 16.8 Å². The number of benzene rings is 1. The molecular weight excluding hydrogens is 314 g/mol. The van der Waals surface area contributed by atoms with Crippen LogP contribution in [0.2, 0.25) is 5.02 Å². The molecule has 0 radical (unpaired) electrons. The third-order valence-corrected chi connectivity index (χ3v) is 4.73. The summed E-state index contributed by atoms with van der Waals surface area (Å²) in [6, 6.07) is 5.79. The predicted molar refractivity (Wildman–Crippen MR) is 75.7 cm³/mol. The second-order valence-corrected chi connectivity index (χ2v) is 5.86. The molecule has 0 saturated heterocycles. The number of nitrogens with one attached hydrogen (secondary N) is 1. The zero-order valence-electron chi connectivity index (χ0n) is 9.79. The number of halogens is 2. The van der Waals surface area contributed by atoms with Gasteiger partial charge in [0.05, 0.1) is 5.02 Å². The van der Waals surface area contributed by atoms with Crippen molar-refractivity contribution in [2.45, 2.75) is 31.6 Å². The Morgan fingerprint density at radius 1 is 1.28 bits per heavy atom. The van der Waals surface area contributed by atoms with E-state index in [2.05, 4.69) is 31.1 Å². The topological polar surface area (TPSA) is 41.6 Å². The maximum atomic E-state index is 6.26. The zero-order chi connectivity index (χ0) is 12.5. The molecule has 1 saturated carbocycles. The normalized spacial score (nSPS) is 16.3. The number of hydrogen-bond acceptors (Lipinski definition) is 2. The summed E-state index contributed by atoms with van der Waals surface area (Å²) in [6.45, 7) is 0. The molecule has 1 aliphatic rings. The van der Waals surface area contributed by atoms with Crippen LogP contribution >= 0.6 is 27.5 Å². The van der Waals surface area contributed by atoms with Crippen molar-refractivity contribution in [1.82, 2.24) is 15.2 Å². The van der Waals surface area contributed by atoms with Crippen molar-refractivity contribution >= 4 is 27.5 Å². The van der Waals surface area contributed by atoms with Crippen LogP contribution < -0.4 is 0 Å². The predicted octanol–water partition coefficient (Wildman–Crippen LogP) is 4.55. The summed E-state index contributed by atoms with van der Waals surface area (Å²) in [5, 5.41) is 8.01. The molecule has 94 valence electrons. The minimum Gasteiger partial charge on any atom is -0.262 e. The molecule has 1 N–H and O–H groups in total. The second kappa shape index (κ2) is 5.02. The Morgan fingerprint density at radius 3 is 2.83 bits per heavy atom. The van der Waals surface area contributed by atoms with Gasteiger partial charge < -0.3 is 0 Å². The number of rotatable bonds is 2. The number of aromatic nitrogens is 3. The Balaban J connectivity index is 1.95. The molecule has 5 heteroatoms. The number of H-pyrrole nitrogens is 1. The summed E-state index contributed by atoms with van der Waals surface area (Å²) in [4.78, 5) is 4.59. The third kappa shape index (κ3) is 2.19. The lowest BCUT2D eigenvalue weighted by Crippen LogP contribution is -1.94. The Kier molecular flexibility index (Phi) is 3.39. The first-order chi connectivity index (χ1) is 8.75. The van der Waals surface area contributed by atoms with E-state index in [-0.39, 0.29) is 0 Å². The van der Waals surface area contributed by atoms with Gasteiger partial charge in [0.25, 0.3) is 0 Å². The molecule has 1 fully saturated rings. The summed E-state index contributed by atoms with van der Waals surface area (Å²) in [7, 11) is 0. The van der Waals surface area contributed by atoms with E-state index in [4.69, 9.17) is 11.6 Å². The number of nitrogens with zero attached hydrogens (tertiary/aromatic N) is 2. The van der Waals surface area contributed by atoms with Crippen molar-refractivity contribution in [3.05, 3.63) is 33.5 Å². The highest BCUT2D eigenvalue weighted by molar-refractivity contribution is 9.10. The Bertz CT molecular complexity index is 561. The molecule has 1 aliphatic carbocycles. The molecule has 1 aromatic carbocycles. The van der Waals surface area contributed by atoms with Crippen molar-refractivity contribution < 1.29 is 0 Å². The van der Waals surface area contributed by atoms with E-state index < -0.39 is 0 Å². The molecule has 0 amide bonds. The quantitative estimate of drug-likeness (QED) is 0.880. The standard InChI is InChI=1S/C13H13BrClN3/c14-10-7-3-6-9(11(10)15)13-16-12(17-18-13)8-4-1-2-5-8/h3,6-8H,1-2,4-5H2,(H,16,17,18). The van der Waals surface area contributed by atoms with Crippen LogP contribution in [0.1, 0.15) is 37.4 Å². The van der Waals surface area contributed by atoms with Gasteiger partial charge in [0.2, 0.25) is 0 Å². The maximum Gasteiger partial charge on any atom is 0.182 e. The highest BCUT2D eigenvalue weighted by Crippen LogP contribution is 2.35. The Hall–Kier alpha value is -0.870. The molecular formula is C13H13BrClN3. The van der Waals surface area contributed by atoms with Crippen molar-refractivity contribution in [3.8, 4) is 11.4 Å². The van der Waals surface area contributed by atoms with Gasteiger partial charge >= 0.3 is 0 Å². The van der Waals surface area contributed by atoms with Crippen molar-refractivity contribution in [3.63, 3.8) is 0 Å². The molecule has 3 rings (SSSR count). The van der Waals surface area contributed by atoms with Crippen LogP contribution in [0.5, 0.6) is 0 Å². The van der Waals surface area contributed by atoms with Crippen molar-refractivity contribution in [1.29, 1.82) is 0 Å². The zero-order valence-corrected chi connectivity index (χ0v) is 12.1. The lowest BCUT2D eigenvalue weighted by atomic mass is 10.1. The van der Waals surface area contributed by atoms with Crippen LogP contribution in [-0.2, 0) is 0 Å². The molecule has 0 atom stereocenters. The molecule has 18 heavy (non-hydrogen) atoms. The van der Waals surface area contributed by atoms with Gasteiger partial charge in [0.15, 0.2) is 5.82 Å². The Morgan fingerprint density at radius 2 is 2.06 bits per heavy atom. The lowest BCUT2D eigenvalue weighted by Gasteiger charge is -2.03. The van der Waals surface area contributed by atoms with E-state index in [9.17, 15) is 0 Å². The smallest absolute Gasteiger partial charge is 0.182 e. The summed E-state index contributed by atoms with van der Waals surface area (Å²) >= 11 is 9.67. The van der Waals surface area contributed by atoms with Gasteiger partial charge in [-0.05, 0) is 40.9 Å². The van der Waals surface area contributed by atoms with Gasteiger partial charge in [-0.25, -0.2) is 4.98 Å². The first kappa shape index (κ1) is 12.2. The van der Waals surface area contributed by atoms with Crippen LogP contribution in [0, 0.1) is 0 Å². The monoisotopic (exact) mass is 325 g/mol. The third-order valence-electron chi connectivity index (χ3n) is 3.44. The molecule has 2 aromatic rings. The molecule has 1 heterocycles. The van der Waals surface area contributed by atoms with Gasteiger partial charge in [0, 0.05) is 16.0 Å². The second-order valence-electron chi connectivity index (χ2n) is 4.63. The van der Waals surface area contributed by atoms with E-state index in [0.717, 1.165) is 15.9 Å². The van der Waals surface area contributed by atoms with Gasteiger partial charge in [-0.3, -0.25) is 5.10 Å². The minimum atomic E-state index is 0.539. The van der Waals surface area contributed by atoms with Gasteiger partial charge in [-0.1, -0.05) is 30.5 Å². The lowest BCUT2D eigenvalue weighted by molar-refractivity contribution is 0.672. The van der Waals surface area contributed by atoms with Crippen LogP contribution in [0.4, 0.5) is 0 Å². The van der Waals surface area contributed by atoms with E-state index in [1.807, 2.05) is 18.2 Å². The molecule has 0 spiro atoms. The molecule has 0 unspecified atom stereocenters. The van der Waals surface area contributed by atoms with Gasteiger partial charge in [0.1, 0.15) is 5.82 Å². The van der Waals surface area contributed by atoms with Crippen LogP contribution in [-0.4, -0.2) is 15.2 Å². The van der Waals surface area contributed by atoms with E-state index in [1.165, 1.54) is 25.7 Å². The van der Waals surface area contributed by atoms with Crippen molar-refractivity contribution in [2.75, 3.05) is 0 Å². The van der Waals surface area contributed by atoms with Crippen molar-refractivity contribution in [2.24, 2.45) is 0 Å². The number of hydrogen-bond donors (Lipinski definition) is 1. The summed E-state index contributed by atoms with van der Waals surface area (Å²) < 4.78 is 0.869. The Labute approximate surface area is 119 Å². The molecule has 0 bridgehead atoms. The fraction of sp³-hybridized carbons (Fsp3) is 0.385. The average molecular weight is 327 g/mol. The van der Waals surface area contributed by atoms with Crippen LogP contribution in [0.25, 0.3) is 11.4 Å². The largest absolute Gasteiger partial charge is 0.262 e. The fourth-order valence-corrected chi connectivity index (χ4v) is 3.03. The highest BCUT2D eigenvalue weighted by atomic mass is 79.9. The summed E-state index contributed by atoms with van der Waals surface area (Å²) in [5.74, 6) is 2.22. The first-order valence-corrected chi connectivity index (χ1v) is 7.29. The molecule has 1 aromatic heterocycles. The number of aromatic amines is 1. The molecule has 3 nitrogen and oxygen atoms in total. The maximum absolute atomic E-state index is 6.26. The highest BCUT2D eigenvalue weighted by Gasteiger charge is 2.21. The van der Waals surface area contributed by atoms with Gasteiger partial charge in [-0.15, -0.1) is 0 Å². The fourth-order valence-electron chi connectivity index (χ4n) is 2.45. The van der Waals surface area contributed by atoms with Crippen LogP contribution in [0.15, 0.2) is 22.7 Å². The first-order valence-electron chi connectivity index (χ1n) is 6.12. The van der Waals surface area contributed by atoms with Crippen LogP contribution in [0.3, 0.4) is 0 Å².